The summed E-state index contributed by atoms with van der Waals surface area (Å²) in [5.74, 6) is 0. The lowest BCUT2D eigenvalue weighted by atomic mass is 10.2. The van der Waals surface area contributed by atoms with Crippen LogP contribution in [-0.2, 0) is 14.8 Å². The second-order valence-corrected chi connectivity index (χ2v) is 5.80. The molecule has 15 heavy (non-hydrogen) atoms. The lowest BCUT2D eigenvalue weighted by Gasteiger charge is -2.22. The smallest absolute Gasteiger partial charge is 0.211 e. The third kappa shape index (κ3) is 6.44. The highest BCUT2D eigenvalue weighted by atomic mass is 32.2. The Labute approximate surface area is 91.7 Å². The summed E-state index contributed by atoms with van der Waals surface area (Å²) >= 11 is 0. The molecule has 0 saturated heterocycles. The Morgan fingerprint density at radius 2 is 2.00 bits per heavy atom. The highest BCUT2D eigenvalue weighted by Gasteiger charge is 2.18. The molecule has 0 rings (SSSR count). The number of nitriles is 1. The maximum atomic E-state index is 11.1. The van der Waals surface area contributed by atoms with Crippen LogP contribution in [-0.4, -0.2) is 44.8 Å². The van der Waals surface area contributed by atoms with Gasteiger partial charge in [0.25, 0.3) is 0 Å². The number of hydrogen-bond acceptors (Lipinski definition) is 4. The summed E-state index contributed by atoms with van der Waals surface area (Å²) in [6, 6.07) is 1.98. The van der Waals surface area contributed by atoms with Gasteiger partial charge in [-0.25, -0.2) is 12.7 Å². The van der Waals surface area contributed by atoms with Crippen molar-refractivity contribution in [2.75, 3.05) is 19.8 Å². The fourth-order valence-corrected chi connectivity index (χ4v) is 1.50. The average Bonchev–Trinajstić information content (AvgIpc) is 2.01. The Morgan fingerprint density at radius 3 is 2.33 bits per heavy atom. The number of nitrogens with zero attached hydrogens (tertiary/aromatic N) is 2. The SMILES string of the molecule is CC(C)OC(CC#N)CN(C)S(C)(=O)=O. The van der Waals surface area contributed by atoms with Gasteiger partial charge in [0.05, 0.1) is 31.0 Å². The van der Waals surface area contributed by atoms with Gasteiger partial charge in [-0.3, -0.25) is 0 Å². The highest BCUT2D eigenvalue weighted by molar-refractivity contribution is 7.88. The molecule has 6 heteroatoms. The van der Waals surface area contributed by atoms with Gasteiger partial charge >= 0.3 is 0 Å². The van der Waals surface area contributed by atoms with Gasteiger partial charge in [0.1, 0.15) is 0 Å². The molecule has 0 heterocycles. The number of hydrogen-bond donors (Lipinski definition) is 0. The van der Waals surface area contributed by atoms with Gasteiger partial charge in [-0.1, -0.05) is 0 Å². The van der Waals surface area contributed by atoms with Gasteiger partial charge in [0.2, 0.25) is 10.0 Å². The summed E-state index contributed by atoms with van der Waals surface area (Å²) in [6.45, 7) is 3.92. The Kier molecular flexibility index (Phi) is 5.80. The predicted molar refractivity (Wildman–Crippen MR) is 57.7 cm³/mol. The maximum absolute atomic E-state index is 11.1. The Hall–Kier alpha value is -0.640. The minimum absolute atomic E-state index is 0.0173. The van der Waals surface area contributed by atoms with Crippen molar-refractivity contribution in [2.24, 2.45) is 0 Å². The van der Waals surface area contributed by atoms with Crippen LogP contribution < -0.4 is 0 Å². The van der Waals surface area contributed by atoms with Gasteiger partial charge in [0, 0.05) is 13.6 Å². The third-order valence-corrected chi connectivity index (χ3v) is 3.09. The Bertz CT molecular complexity index is 319. The monoisotopic (exact) mass is 234 g/mol. The van der Waals surface area contributed by atoms with Crippen molar-refractivity contribution in [3.8, 4) is 6.07 Å². The molecular formula is C9H18N2O3S. The number of rotatable bonds is 6. The third-order valence-electron chi connectivity index (χ3n) is 1.81. The van der Waals surface area contributed by atoms with Crippen molar-refractivity contribution in [2.45, 2.75) is 32.5 Å². The minimum atomic E-state index is -3.21. The van der Waals surface area contributed by atoms with Crippen LogP contribution >= 0.6 is 0 Å². The van der Waals surface area contributed by atoms with E-state index in [-0.39, 0.29) is 25.2 Å². The lowest BCUT2D eigenvalue weighted by Crippen LogP contribution is -2.35. The van der Waals surface area contributed by atoms with E-state index in [0.29, 0.717) is 0 Å². The fraction of sp³-hybridized carbons (Fsp3) is 0.889. The van der Waals surface area contributed by atoms with Crippen molar-refractivity contribution in [3.05, 3.63) is 0 Å². The van der Waals surface area contributed by atoms with Gasteiger partial charge in [-0.05, 0) is 13.8 Å². The van der Waals surface area contributed by atoms with Crippen molar-refractivity contribution in [1.82, 2.24) is 4.31 Å². The van der Waals surface area contributed by atoms with Crippen molar-refractivity contribution < 1.29 is 13.2 Å². The quantitative estimate of drug-likeness (QED) is 0.674. The van der Waals surface area contributed by atoms with Crippen LogP contribution in [0, 0.1) is 11.3 Å². The molecule has 0 N–H and O–H groups in total. The van der Waals surface area contributed by atoms with Crippen LogP contribution in [0.3, 0.4) is 0 Å². The zero-order chi connectivity index (χ0) is 12.1. The second kappa shape index (κ2) is 6.05. The van der Waals surface area contributed by atoms with Gasteiger partial charge in [0.15, 0.2) is 0 Å². The summed E-state index contributed by atoms with van der Waals surface area (Å²) < 4.78 is 28.9. The first-order valence-corrected chi connectivity index (χ1v) is 6.56. The molecule has 0 bridgehead atoms. The van der Waals surface area contributed by atoms with Crippen molar-refractivity contribution in [1.29, 1.82) is 5.26 Å². The van der Waals surface area contributed by atoms with E-state index >= 15 is 0 Å². The molecule has 0 aromatic heterocycles. The minimum Gasteiger partial charge on any atom is -0.373 e. The van der Waals surface area contributed by atoms with Crippen LogP contribution in [0.25, 0.3) is 0 Å². The molecule has 0 saturated carbocycles. The topological polar surface area (TPSA) is 70.4 Å². The van der Waals surface area contributed by atoms with Gasteiger partial charge in [-0.15, -0.1) is 0 Å². The van der Waals surface area contributed by atoms with E-state index in [0.717, 1.165) is 6.26 Å². The van der Waals surface area contributed by atoms with E-state index in [4.69, 9.17) is 10.00 Å². The fourth-order valence-electron chi connectivity index (χ4n) is 1.06. The molecule has 1 atom stereocenters. The summed E-state index contributed by atoms with van der Waals surface area (Å²) in [7, 11) is -1.73. The first kappa shape index (κ1) is 14.4. The first-order valence-electron chi connectivity index (χ1n) is 4.71. The van der Waals surface area contributed by atoms with Crippen LogP contribution in [0.1, 0.15) is 20.3 Å². The molecule has 0 fully saturated rings. The number of likely N-dealkylation sites (N-methyl/N-ethyl adjacent to an activating group) is 1. The van der Waals surface area contributed by atoms with Crippen LogP contribution in [0.5, 0.6) is 0 Å². The van der Waals surface area contributed by atoms with Crippen LogP contribution in [0.2, 0.25) is 0 Å². The van der Waals surface area contributed by atoms with Crippen molar-refractivity contribution in [3.63, 3.8) is 0 Å². The molecule has 0 aliphatic heterocycles. The molecule has 0 aromatic rings. The first-order chi connectivity index (χ1) is 6.77. The summed E-state index contributed by atoms with van der Waals surface area (Å²) in [4.78, 5) is 0. The molecule has 0 aliphatic carbocycles. The molecule has 0 radical (unpaired) electrons. The second-order valence-electron chi connectivity index (χ2n) is 3.71. The number of ether oxygens (including phenoxy) is 1. The van der Waals surface area contributed by atoms with E-state index < -0.39 is 10.0 Å². The molecule has 0 aromatic carbocycles. The molecule has 5 nitrogen and oxygen atoms in total. The zero-order valence-electron chi connectivity index (χ0n) is 9.60. The molecule has 1 unspecified atom stereocenters. The molecule has 0 spiro atoms. The van der Waals surface area contributed by atoms with Crippen molar-refractivity contribution >= 4 is 10.0 Å². The Balaban J connectivity index is 4.36. The molecule has 88 valence electrons. The largest absolute Gasteiger partial charge is 0.373 e. The van der Waals surface area contributed by atoms with Crippen LogP contribution in [0.4, 0.5) is 0 Å². The van der Waals surface area contributed by atoms with E-state index in [1.165, 1.54) is 11.4 Å². The predicted octanol–water partition coefficient (Wildman–Crippen LogP) is 0.585. The summed E-state index contributed by atoms with van der Waals surface area (Å²) in [5.41, 5.74) is 0. The van der Waals surface area contributed by atoms with Gasteiger partial charge in [-0.2, -0.15) is 5.26 Å². The van der Waals surface area contributed by atoms with E-state index in [1.54, 1.807) is 0 Å². The maximum Gasteiger partial charge on any atom is 0.211 e. The summed E-state index contributed by atoms with van der Waals surface area (Å²) in [6.07, 6.45) is 0.940. The number of sulfonamides is 1. The zero-order valence-corrected chi connectivity index (χ0v) is 10.4. The van der Waals surface area contributed by atoms with E-state index in [2.05, 4.69) is 0 Å². The van der Waals surface area contributed by atoms with Gasteiger partial charge < -0.3 is 4.74 Å². The molecular weight excluding hydrogens is 216 g/mol. The Morgan fingerprint density at radius 1 is 1.47 bits per heavy atom. The van der Waals surface area contributed by atoms with E-state index in [1.807, 2.05) is 19.9 Å². The normalized spacial score (nSPS) is 14.2. The highest BCUT2D eigenvalue weighted by Crippen LogP contribution is 2.06. The average molecular weight is 234 g/mol. The molecule has 0 amide bonds. The standard InChI is InChI=1S/C9H18N2O3S/c1-8(2)14-9(5-6-10)7-11(3)15(4,12)13/h8-9H,5,7H2,1-4H3. The van der Waals surface area contributed by atoms with E-state index in [9.17, 15) is 8.42 Å². The molecule has 0 aliphatic rings. The summed E-state index contributed by atoms with van der Waals surface area (Å²) in [5, 5.41) is 8.57. The lowest BCUT2D eigenvalue weighted by molar-refractivity contribution is 0.00385. The van der Waals surface area contributed by atoms with Crippen LogP contribution in [0.15, 0.2) is 0 Å².